The normalized spacial score (nSPS) is 14.5. The van der Waals surface area contributed by atoms with Gasteiger partial charge in [0.25, 0.3) is 5.91 Å². The molecule has 0 spiro atoms. The predicted octanol–water partition coefficient (Wildman–Crippen LogP) is 1.45. The van der Waals surface area contributed by atoms with E-state index < -0.39 is 0 Å². The summed E-state index contributed by atoms with van der Waals surface area (Å²) in [4.78, 5) is 14.0. The quantitative estimate of drug-likeness (QED) is 0.852. The number of carbonyl (C=O) groups excluding carboxylic acids is 1. The monoisotopic (exact) mass is 290 g/mol. The van der Waals surface area contributed by atoms with Gasteiger partial charge in [-0.1, -0.05) is 0 Å². The standard InChI is InChI=1S/C14H18N4O3/c1-10(2)21-9-13-16-15-12-8-17(5-6-18(12)13)14(19)11-4-3-7-20-11/h3-4,7,10H,5-6,8-9H2,1-2H3. The topological polar surface area (TPSA) is 73.4 Å². The molecule has 0 aromatic carbocycles. The van der Waals surface area contributed by atoms with Crippen molar-refractivity contribution in [3.8, 4) is 0 Å². The van der Waals surface area contributed by atoms with E-state index in [-0.39, 0.29) is 12.0 Å². The molecule has 7 nitrogen and oxygen atoms in total. The number of furan rings is 1. The van der Waals surface area contributed by atoms with E-state index in [2.05, 4.69) is 10.2 Å². The molecule has 1 aliphatic heterocycles. The lowest BCUT2D eigenvalue weighted by atomic mass is 10.3. The van der Waals surface area contributed by atoms with Gasteiger partial charge in [-0.3, -0.25) is 4.79 Å². The molecule has 21 heavy (non-hydrogen) atoms. The van der Waals surface area contributed by atoms with E-state index in [1.165, 1.54) is 6.26 Å². The summed E-state index contributed by atoms with van der Waals surface area (Å²) in [6, 6.07) is 3.38. The molecule has 0 unspecified atom stereocenters. The van der Waals surface area contributed by atoms with Crippen LogP contribution in [0.25, 0.3) is 0 Å². The van der Waals surface area contributed by atoms with Gasteiger partial charge in [-0.15, -0.1) is 10.2 Å². The van der Waals surface area contributed by atoms with E-state index in [9.17, 15) is 4.79 Å². The molecule has 1 amide bonds. The number of aromatic nitrogens is 3. The van der Waals surface area contributed by atoms with Gasteiger partial charge in [-0.05, 0) is 26.0 Å². The second-order valence-corrected chi connectivity index (χ2v) is 5.25. The molecule has 3 heterocycles. The number of nitrogens with zero attached hydrogens (tertiary/aromatic N) is 4. The maximum atomic E-state index is 12.2. The zero-order chi connectivity index (χ0) is 14.8. The molecular weight excluding hydrogens is 272 g/mol. The third-order valence-electron chi connectivity index (χ3n) is 3.39. The maximum Gasteiger partial charge on any atom is 0.290 e. The summed E-state index contributed by atoms with van der Waals surface area (Å²) in [5, 5.41) is 8.31. The summed E-state index contributed by atoms with van der Waals surface area (Å²) in [6.45, 7) is 6.13. The van der Waals surface area contributed by atoms with Crippen molar-refractivity contribution in [2.75, 3.05) is 6.54 Å². The van der Waals surface area contributed by atoms with Crippen LogP contribution in [0.1, 0.15) is 36.1 Å². The Morgan fingerprint density at radius 3 is 3.00 bits per heavy atom. The van der Waals surface area contributed by atoms with Crippen molar-refractivity contribution in [3.05, 3.63) is 35.8 Å². The van der Waals surface area contributed by atoms with Gasteiger partial charge in [0.1, 0.15) is 6.61 Å². The second kappa shape index (κ2) is 5.69. The lowest BCUT2D eigenvalue weighted by Crippen LogP contribution is -2.38. The number of hydrogen-bond acceptors (Lipinski definition) is 5. The minimum absolute atomic E-state index is 0.116. The number of hydrogen-bond donors (Lipinski definition) is 0. The first-order chi connectivity index (χ1) is 10.1. The highest BCUT2D eigenvalue weighted by Crippen LogP contribution is 2.16. The van der Waals surface area contributed by atoms with Gasteiger partial charge in [0.15, 0.2) is 17.4 Å². The van der Waals surface area contributed by atoms with Gasteiger partial charge in [-0.25, -0.2) is 0 Å². The van der Waals surface area contributed by atoms with Crippen LogP contribution in [0.15, 0.2) is 22.8 Å². The number of rotatable bonds is 4. The van der Waals surface area contributed by atoms with Gasteiger partial charge in [0.2, 0.25) is 0 Å². The van der Waals surface area contributed by atoms with Crippen molar-refractivity contribution < 1.29 is 13.9 Å². The van der Waals surface area contributed by atoms with Crippen LogP contribution in [0.4, 0.5) is 0 Å². The maximum absolute atomic E-state index is 12.2. The van der Waals surface area contributed by atoms with Crippen LogP contribution in [0.2, 0.25) is 0 Å². The van der Waals surface area contributed by atoms with Crippen LogP contribution < -0.4 is 0 Å². The summed E-state index contributed by atoms with van der Waals surface area (Å²) in [6.07, 6.45) is 1.65. The molecule has 7 heteroatoms. The highest BCUT2D eigenvalue weighted by molar-refractivity contribution is 5.91. The number of carbonyl (C=O) groups is 1. The molecule has 3 rings (SSSR count). The number of fused-ring (bicyclic) bond motifs is 1. The van der Waals surface area contributed by atoms with Crippen molar-refractivity contribution in [2.45, 2.75) is 39.6 Å². The van der Waals surface area contributed by atoms with Crippen LogP contribution in [0.3, 0.4) is 0 Å². The van der Waals surface area contributed by atoms with E-state index in [1.54, 1.807) is 17.0 Å². The third-order valence-corrected chi connectivity index (χ3v) is 3.39. The van der Waals surface area contributed by atoms with Crippen LogP contribution in [0.5, 0.6) is 0 Å². The van der Waals surface area contributed by atoms with Gasteiger partial charge in [0.05, 0.1) is 18.9 Å². The van der Waals surface area contributed by atoms with E-state index in [0.29, 0.717) is 32.0 Å². The molecule has 0 saturated heterocycles. The van der Waals surface area contributed by atoms with Crippen LogP contribution >= 0.6 is 0 Å². The fourth-order valence-corrected chi connectivity index (χ4v) is 2.30. The molecular formula is C14H18N4O3. The van der Waals surface area contributed by atoms with Crippen LogP contribution in [-0.4, -0.2) is 38.2 Å². The van der Waals surface area contributed by atoms with Crippen LogP contribution in [0, 0.1) is 0 Å². The third kappa shape index (κ3) is 2.82. The molecule has 2 aromatic heterocycles. The number of amides is 1. The predicted molar refractivity (Wildman–Crippen MR) is 73.4 cm³/mol. The summed E-state index contributed by atoms with van der Waals surface area (Å²) >= 11 is 0. The smallest absolute Gasteiger partial charge is 0.290 e. The Hall–Kier alpha value is -2.15. The average Bonchev–Trinajstić information content (AvgIpc) is 3.13. The molecule has 112 valence electrons. The Morgan fingerprint density at radius 2 is 2.29 bits per heavy atom. The molecule has 0 radical (unpaired) electrons. The molecule has 2 aromatic rings. The van der Waals surface area contributed by atoms with E-state index in [1.807, 2.05) is 18.4 Å². The summed E-state index contributed by atoms with van der Waals surface area (Å²) in [5.74, 6) is 1.83. The van der Waals surface area contributed by atoms with Gasteiger partial charge in [0, 0.05) is 13.1 Å². The van der Waals surface area contributed by atoms with Crippen molar-refractivity contribution in [1.29, 1.82) is 0 Å². The fourth-order valence-electron chi connectivity index (χ4n) is 2.30. The number of ether oxygens (including phenoxy) is 1. The van der Waals surface area contributed by atoms with Crippen molar-refractivity contribution in [3.63, 3.8) is 0 Å². The lowest BCUT2D eigenvalue weighted by molar-refractivity contribution is 0.0565. The Morgan fingerprint density at radius 1 is 1.43 bits per heavy atom. The molecule has 0 saturated carbocycles. The zero-order valence-corrected chi connectivity index (χ0v) is 12.2. The highest BCUT2D eigenvalue weighted by Gasteiger charge is 2.26. The minimum Gasteiger partial charge on any atom is -0.459 e. The Bertz CT molecular complexity index is 618. The Balaban J connectivity index is 1.70. The molecule has 0 aliphatic carbocycles. The van der Waals surface area contributed by atoms with E-state index >= 15 is 0 Å². The second-order valence-electron chi connectivity index (χ2n) is 5.25. The Labute approximate surface area is 122 Å². The lowest BCUT2D eigenvalue weighted by Gasteiger charge is -2.27. The van der Waals surface area contributed by atoms with Gasteiger partial charge >= 0.3 is 0 Å². The van der Waals surface area contributed by atoms with Crippen molar-refractivity contribution in [2.24, 2.45) is 0 Å². The molecule has 1 aliphatic rings. The summed E-state index contributed by atoms with van der Waals surface area (Å²) in [5.41, 5.74) is 0. The first-order valence-electron chi connectivity index (χ1n) is 7.00. The average molecular weight is 290 g/mol. The first-order valence-corrected chi connectivity index (χ1v) is 7.00. The SMILES string of the molecule is CC(C)OCc1nnc2n1CCN(C(=O)c1ccco1)C2. The zero-order valence-electron chi connectivity index (χ0n) is 12.2. The van der Waals surface area contributed by atoms with Gasteiger partial charge < -0.3 is 18.6 Å². The van der Waals surface area contributed by atoms with Crippen molar-refractivity contribution >= 4 is 5.91 Å². The minimum atomic E-state index is -0.116. The first kappa shape index (κ1) is 13.8. The fraction of sp³-hybridized carbons (Fsp3) is 0.500. The Kier molecular flexibility index (Phi) is 3.74. The highest BCUT2D eigenvalue weighted by atomic mass is 16.5. The molecule has 0 bridgehead atoms. The largest absolute Gasteiger partial charge is 0.459 e. The van der Waals surface area contributed by atoms with Crippen LogP contribution in [-0.2, 0) is 24.4 Å². The molecule has 0 N–H and O–H groups in total. The van der Waals surface area contributed by atoms with Gasteiger partial charge in [-0.2, -0.15) is 0 Å². The van der Waals surface area contributed by atoms with E-state index in [0.717, 1.165) is 11.6 Å². The van der Waals surface area contributed by atoms with E-state index in [4.69, 9.17) is 9.15 Å². The molecule has 0 fully saturated rings. The summed E-state index contributed by atoms with van der Waals surface area (Å²) < 4.78 is 12.7. The summed E-state index contributed by atoms with van der Waals surface area (Å²) in [7, 11) is 0. The van der Waals surface area contributed by atoms with Crippen molar-refractivity contribution in [1.82, 2.24) is 19.7 Å². The molecule has 0 atom stereocenters.